The van der Waals surface area contributed by atoms with E-state index < -0.39 is 0 Å². The molecule has 7 nitrogen and oxygen atoms in total. The van der Waals surface area contributed by atoms with Crippen LogP contribution in [0.1, 0.15) is 38.3 Å². The summed E-state index contributed by atoms with van der Waals surface area (Å²) in [5.41, 5.74) is 5.23. The van der Waals surface area contributed by atoms with Crippen LogP contribution in [0.15, 0.2) is 78.9 Å². The smallest absolute Gasteiger partial charge is 0.323 e. The number of nitrogens with one attached hydrogen (secondary N) is 2. The van der Waals surface area contributed by atoms with Gasteiger partial charge in [0.15, 0.2) is 0 Å². The summed E-state index contributed by atoms with van der Waals surface area (Å²) in [6.45, 7) is 6.67. The molecule has 3 aromatic rings. The van der Waals surface area contributed by atoms with Gasteiger partial charge in [0, 0.05) is 5.69 Å². The first-order valence-corrected chi connectivity index (χ1v) is 14.1. The highest BCUT2D eigenvalue weighted by Crippen LogP contribution is 2.52. The van der Waals surface area contributed by atoms with Crippen molar-refractivity contribution in [1.82, 2.24) is 4.90 Å². The summed E-state index contributed by atoms with van der Waals surface area (Å²) in [7, 11) is 1.58. The van der Waals surface area contributed by atoms with Crippen molar-refractivity contribution in [2.45, 2.75) is 39.2 Å². The zero-order valence-electron chi connectivity index (χ0n) is 23.8. The number of likely N-dealkylation sites (tertiary alicyclic amines) is 1. The van der Waals surface area contributed by atoms with Crippen molar-refractivity contribution < 1.29 is 19.1 Å². The first-order valence-electron chi connectivity index (χ1n) is 14.1. The van der Waals surface area contributed by atoms with Gasteiger partial charge in [-0.3, -0.25) is 14.5 Å². The monoisotopic (exact) mass is 549 g/mol. The van der Waals surface area contributed by atoms with Crippen molar-refractivity contribution in [3.8, 4) is 16.9 Å². The molecule has 3 aromatic carbocycles. The molecule has 4 amide bonds. The number of nitrogens with zero attached hydrogens (tertiary/aromatic N) is 1. The molecule has 4 atom stereocenters. The molecule has 1 heterocycles. The number of carbonyl (C=O) groups excluding carboxylic acids is 3. The quantitative estimate of drug-likeness (QED) is 0.268. The number of methoxy groups -OCH3 is 1. The standard InChI is InChI=1S/C34H35N3O4/c1-34(2,3)25-13-16-28(41-4)27(18-25)36-33(40)35-26-14-11-22(12-15-26)21-7-5-20(6-8-21)19-37-31(38)29-23-9-10-24(17-23)30(29)32(37)39/h5-16,18,23-24,29-30H,17,19H2,1-4H3,(H2,35,36,40). The SMILES string of the molecule is COc1ccc(C(C)(C)C)cc1NC(=O)Nc1ccc(-c2ccc(CN3C(=O)C4C5C=CC(C5)C4C3=O)cc2)cc1. The Morgan fingerprint density at radius 1 is 0.854 bits per heavy atom. The van der Waals surface area contributed by atoms with Crippen LogP contribution in [0.3, 0.4) is 0 Å². The number of benzene rings is 3. The van der Waals surface area contributed by atoms with Crippen LogP contribution >= 0.6 is 0 Å². The van der Waals surface area contributed by atoms with Gasteiger partial charge in [0.05, 0.1) is 31.2 Å². The zero-order valence-corrected chi connectivity index (χ0v) is 23.8. The van der Waals surface area contributed by atoms with Crippen LogP contribution in [-0.2, 0) is 21.5 Å². The summed E-state index contributed by atoms with van der Waals surface area (Å²) in [5, 5.41) is 5.79. The second kappa shape index (κ2) is 10.2. The molecule has 0 aromatic heterocycles. The van der Waals surface area contributed by atoms with Crippen LogP contribution in [0, 0.1) is 23.7 Å². The first kappa shape index (κ1) is 26.8. The molecule has 3 aliphatic rings. The minimum Gasteiger partial charge on any atom is -0.495 e. The van der Waals surface area contributed by atoms with Gasteiger partial charge in [-0.25, -0.2) is 4.79 Å². The Hall–Kier alpha value is -4.39. The lowest BCUT2D eigenvalue weighted by Gasteiger charge is -2.21. The van der Waals surface area contributed by atoms with Gasteiger partial charge in [0.1, 0.15) is 5.75 Å². The van der Waals surface area contributed by atoms with Gasteiger partial charge in [0.2, 0.25) is 11.8 Å². The normalized spacial score (nSPS) is 22.7. The Balaban J connectivity index is 1.08. The van der Waals surface area contributed by atoms with Crippen molar-refractivity contribution in [3.63, 3.8) is 0 Å². The van der Waals surface area contributed by atoms with Crippen LogP contribution in [0.5, 0.6) is 5.75 Å². The summed E-state index contributed by atoms with van der Waals surface area (Å²) in [6, 6.07) is 21.0. The highest BCUT2D eigenvalue weighted by molar-refractivity contribution is 6.06. The molecule has 210 valence electrons. The second-order valence-corrected chi connectivity index (χ2v) is 12.3. The van der Waals surface area contributed by atoms with Crippen molar-refractivity contribution in [2.24, 2.45) is 23.7 Å². The molecule has 2 bridgehead atoms. The zero-order chi connectivity index (χ0) is 28.9. The van der Waals surface area contributed by atoms with Crippen LogP contribution in [0.2, 0.25) is 0 Å². The minimum absolute atomic E-state index is 0.0200. The lowest BCUT2D eigenvalue weighted by Crippen LogP contribution is -2.32. The average molecular weight is 550 g/mol. The minimum atomic E-state index is -0.356. The predicted octanol–water partition coefficient (Wildman–Crippen LogP) is 6.61. The molecular formula is C34H35N3O4. The second-order valence-electron chi connectivity index (χ2n) is 12.3. The van der Waals surface area contributed by atoms with Crippen molar-refractivity contribution in [3.05, 3.63) is 90.0 Å². The number of rotatable bonds is 6. The molecular weight excluding hydrogens is 514 g/mol. The fourth-order valence-corrected chi connectivity index (χ4v) is 6.41. The molecule has 7 heteroatoms. The first-order chi connectivity index (χ1) is 19.6. The summed E-state index contributed by atoms with van der Waals surface area (Å²) >= 11 is 0. The van der Waals surface area contributed by atoms with E-state index in [1.165, 1.54) is 4.90 Å². The molecule has 6 rings (SSSR count). The van der Waals surface area contributed by atoms with Crippen LogP contribution < -0.4 is 15.4 Å². The van der Waals surface area contributed by atoms with Crippen molar-refractivity contribution in [1.29, 1.82) is 0 Å². The van der Waals surface area contributed by atoms with Crippen LogP contribution in [0.4, 0.5) is 16.2 Å². The number of amides is 4. The molecule has 0 radical (unpaired) electrons. The molecule has 2 fully saturated rings. The molecule has 1 aliphatic heterocycles. The molecule has 2 aliphatic carbocycles. The van der Waals surface area contributed by atoms with E-state index >= 15 is 0 Å². The average Bonchev–Trinajstić information content (AvgIpc) is 3.64. The molecule has 1 saturated heterocycles. The van der Waals surface area contributed by atoms with Gasteiger partial charge in [0.25, 0.3) is 0 Å². The largest absolute Gasteiger partial charge is 0.495 e. The van der Waals surface area contributed by atoms with Gasteiger partial charge in [-0.2, -0.15) is 0 Å². The maximum Gasteiger partial charge on any atom is 0.323 e. The van der Waals surface area contributed by atoms with Gasteiger partial charge in [-0.05, 0) is 70.2 Å². The Bertz CT molecular complexity index is 1510. The summed E-state index contributed by atoms with van der Waals surface area (Å²) in [6.07, 6.45) is 5.17. The number of urea groups is 1. The lowest BCUT2D eigenvalue weighted by atomic mass is 9.85. The molecule has 1 saturated carbocycles. The van der Waals surface area contributed by atoms with Gasteiger partial charge >= 0.3 is 6.03 Å². The van der Waals surface area contributed by atoms with E-state index in [0.29, 0.717) is 23.7 Å². The highest BCUT2D eigenvalue weighted by Gasteiger charge is 2.59. The van der Waals surface area contributed by atoms with E-state index in [0.717, 1.165) is 28.7 Å². The Morgan fingerprint density at radius 2 is 1.44 bits per heavy atom. The fourth-order valence-electron chi connectivity index (χ4n) is 6.41. The number of anilines is 2. The fraction of sp³-hybridized carbons (Fsp3) is 0.324. The third-order valence-corrected chi connectivity index (χ3v) is 8.65. The topological polar surface area (TPSA) is 87.7 Å². The Labute approximate surface area is 240 Å². The maximum absolute atomic E-state index is 13.0. The lowest BCUT2D eigenvalue weighted by molar-refractivity contribution is -0.141. The van der Waals surface area contributed by atoms with E-state index in [1.807, 2.05) is 66.7 Å². The summed E-state index contributed by atoms with van der Waals surface area (Å²) < 4.78 is 5.43. The highest BCUT2D eigenvalue weighted by atomic mass is 16.5. The molecule has 4 unspecified atom stereocenters. The number of carbonyl (C=O) groups is 3. The van der Waals surface area contributed by atoms with Crippen molar-refractivity contribution in [2.75, 3.05) is 17.7 Å². The number of fused-ring (bicyclic) bond motifs is 5. The van der Waals surface area contributed by atoms with Gasteiger partial charge in [-0.15, -0.1) is 0 Å². The summed E-state index contributed by atoms with van der Waals surface area (Å²) in [4.78, 5) is 40.2. The third-order valence-electron chi connectivity index (χ3n) is 8.65. The van der Waals surface area contributed by atoms with E-state index in [1.54, 1.807) is 7.11 Å². The number of hydrogen-bond acceptors (Lipinski definition) is 4. The van der Waals surface area contributed by atoms with E-state index in [2.05, 4.69) is 43.6 Å². The third kappa shape index (κ3) is 5.01. The predicted molar refractivity (Wildman–Crippen MR) is 159 cm³/mol. The maximum atomic E-state index is 13.0. The number of allylic oxidation sites excluding steroid dienone is 2. The van der Waals surface area contributed by atoms with Crippen molar-refractivity contribution >= 4 is 29.2 Å². The van der Waals surface area contributed by atoms with E-state index in [9.17, 15) is 14.4 Å². The van der Waals surface area contributed by atoms with E-state index in [-0.39, 0.29) is 46.9 Å². The van der Waals surface area contributed by atoms with Crippen LogP contribution in [0.25, 0.3) is 11.1 Å². The molecule has 0 spiro atoms. The molecule has 41 heavy (non-hydrogen) atoms. The Kier molecular flexibility index (Phi) is 6.68. The number of imide groups is 1. The van der Waals surface area contributed by atoms with Gasteiger partial charge in [-0.1, -0.05) is 75.4 Å². The van der Waals surface area contributed by atoms with Gasteiger partial charge < -0.3 is 15.4 Å². The number of ether oxygens (including phenoxy) is 1. The Morgan fingerprint density at radius 3 is 2.00 bits per heavy atom. The van der Waals surface area contributed by atoms with E-state index in [4.69, 9.17) is 4.74 Å². The summed E-state index contributed by atoms with van der Waals surface area (Å²) in [5.74, 6) is 0.669. The van der Waals surface area contributed by atoms with Crippen LogP contribution in [-0.4, -0.2) is 29.9 Å². The molecule has 2 N–H and O–H groups in total. The number of hydrogen-bond donors (Lipinski definition) is 2.